The van der Waals surface area contributed by atoms with Crippen molar-refractivity contribution in [2.45, 2.75) is 24.7 Å². The van der Waals surface area contributed by atoms with E-state index in [2.05, 4.69) is 37.2 Å². The number of piperazine rings is 1. The molecule has 1 heterocycles. The van der Waals surface area contributed by atoms with E-state index in [1.165, 1.54) is 5.56 Å². The fraction of sp³-hybridized carbons (Fsp3) is 0.500. The lowest BCUT2D eigenvalue weighted by molar-refractivity contribution is 0.379. The second-order valence-electron chi connectivity index (χ2n) is 5.04. The summed E-state index contributed by atoms with van der Waals surface area (Å²) in [5.41, 5.74) is 1.27. The molecule has 1 unspecified atom stereocenters. The van der Waals surface area contributed by atoms with Gasteiger partial charge in [-0.25, -0.2) is 8.51 Å². The summed E-state index contributed by atoms with van der Waals surface area (Å²) < 4.78 is 14.8. The molecule has 1 saturated heterocycles. The normalized spacial score (nSPS) is 20.8. The third-order valence-electron chi connectivity index (χ3n) is 3.41. The molecular weight excluding hydrogens is 244 g/mol. The van der Waals surface area contributed by atoms with Gasteiger partial charge in [0.2, 0.25) is 0 Å². The first-order chi connectivity index (χ1) is 8.51. The van der Waals surface area contributed by atoms with Crippen molar-refractivity contribution in [3.8, 4) is 0 Å². The molecule has 0 amide bonds. The molecule has 0 spiro atoms. The summed E-state index contributed by atoms with van der Waals surface area (Å²) in [7, 11) is -2.31. The Balaban J connectivity index is 2.23. The van der Waals surface area contributed by atoms with E-state index in [0.29, 0.717) is 5.92 Å². The van der Waals surface area contributed by atoms with Gasteiger partial charge in [-0.3, -0.25) is 0 Å². The molecule has 1 aliphatic heterocycles. The van der Waals surface area contributed by atoms with Gasteiger partial charge in [0.1, 0.15) is 0 Å². The van der Waals surface area contributed by atoms with E-state index in [1.54, 1.807) is 0 Å². The maximum atomic E-state index is 12.8. The summed E-state index contributed by atoms with van der Waals surface area (Å²) in [4.78, 5) is 0.841. The van der Waals surface area contributed by atoms with Gasteiger partial charge in [-0.1, -0.05) is 26.0 Å². The Morgan fingerprint density at radius 2 is 1.78 bits per heavy atom. The van der Waals surface area contributed by atoms with Crippen molar-refractivity contribution in [1.29, 1.82) is 0 Å². The predicted octanol–water partition coefficient (Wildman–Crippen LogP) is 1.71. The lowest BCUT2D eigenvalue weighted by Gasteiger charge is -2.30. The quantitative estimate of drug-likeness (QED) is 0.845. The van der Waals surface area contributed by atoms with Gasteiger partial charge in [0.15, 0.2) is 0 Å². The zero-order valence-electron chi connectivity index (χ0n) is 11.2. The van der Waals surface area contributed by atoms with Crippen LogP contribution in [-0.4, -0.2) is 40.6 Å². The first-order valence-corrected chi connectivity index (χ1v) is 8.13. The molecule has 1 aromatic rings. The predicted molar refractivity (Wildman–Crippen MR) is 78.5 cm³/mol. The number of rotatable bonds is 3. The van der Waals surface area contributed by atoms with Crippen LogP contribution in [0.25, 0.3) is 0 Å². The molecule has 100 valence electrons. The molecule has 1 atom stereocenters. The Hall–Kier alpha value is -0.840. The van der Waals surface area contributed by atoms with E-state index in [9.17, 15) is 4.21 Å². The van der Waals surface area contributed by atoms with Crippen molar-refractivity contribution < 1.29 is 4.21 Å². The van der Waals surface area contributed by atoms with Crippen LogP contribution in [0.1, 0.15) is 25.3 Å². The fourth-order valence-electron chi connectivity index (χ4n) is 2.15. The van der Waals surface area contributed by atoms with E-state index >= 15 is 0 Å². The fourth-order valence-corrected chi connectivity index (χ4v) is 3.79. The molecule has 1 N–H and O–H groups in total. The van der Waals surface area contributed by atoms with Crippen molar-refractivity contribution in [2.75, 3.05) is 26.2 Å². The third kappa shape index (κ3) is 2.76. The Morgan fingerprint density at radius 3 is 2.28 bits per heavy atom. The number of nitrogens with zero attached hydrogens (tertiary/aromatic N) is 1. The first-order valence-electron chi connectivity index (χ1n) is 6.45. The lowest BCUT2D eigenvalue weighted by Crippen LogP contribution is -2.46. The van der Waals surface area contributed by atoms with Crippen LogP contribution in [0.15, 0.2) is 29.2 Å². The van der Waals surface area contributed by atoms with Gasteiger partial charge >= 0.3 is 0 Å². The zero-order chi connectivity index (χ0) is 13.2. The topological polar surface area (TPSA) is 32.3 Å². The van der Waals surface area contributed by atoms with Crippen molar-refractivity contribution in [3.05, 3.63) is 29.8 Å². The minimum absolute atomic E-state index is 0.499. The standard InChI is InChI=1S/C14H22N2OS/c1-12(2)13-4-6-14(7-5-13)18(3,17)16-10-8-15-9-11-16/h4-7,12,15H,3,8-11H2,1-2H3. The summed E-state index contributed by atoms with van der Waals surface area (Å²) in [6.45, 7) is 7.69. The number of nitrogens with one attached hydrogen (secondary N) is 1. The maximum Gasteiger partial charge on any atom is 0.0559 e. The highest BCUT2D eigenvalue weighted by Gasteiger charge is 2.20. The minimum atomic E-state index is -2.31. The van der Waals surface area contributed by atoms with E-state index in [1.807, 2.05) is 16.4 Å². The Bertz CT molecular complexity index is 485. The first kappa shape index (κ1) is 13.6. The third-order valence-corrected chi connectivity index (χ3v) is 5.62. The van der Waals surface area contributed by atoms with E-state index in [4.69, 9.17) is 0 Å². The van der Waals surface area contributed by atoms with Gasteiger partial charge < -0.3 is 5.32 Å². The van der Waals surface area contributed by atoms with Crippen molar-refractivity contribution in [1.82, 2.24) is 9.62 Å². The monoisotopic (exact) mass is 266 g/mol. The largest absolute Gasteiger partial charge is 0.314 e. The van der Waals surface area contributed by atoms with Crippen molar-refractivity contribution >= 4 is 15.6 Å². The zero-order valence-corrected chi connectivity index (χ0v) is 12.0. The molecule has 4 heteroatoms. The number of hydrogen-bond donors (Lipinski definition) is 1. The summed E-state index contributed by atoms with van der Waals surface area (Å²) >= 11 is 0. The summed E-state index contributed by atoms with van der Waals surface area (Å²) in [6, 6.07) is 8.06. The Morgan fingerprint density at radius 1 is 1.22 bits per heavy atom. The molecule has 3 nitrogen and oxygen atoms in total. The van der Waals surface area contributed by atoms with Crippen LogP contribution in [0.5, 0.6) is 0 Å². The average Bonchev–Trinajstić information content (AvgIpc) is 2.40. The molecule has 1 fully saturated rings. The molecule has 0 aromatic heterocycles. The van der Waals surface area contributed by atoms with Crippen molar-refractivity contribution in [2.24, 2.45) is 0 Å². The minimum Gasteiger partial charge on any atom is -0.314 e. The molecule has 0 saturated carbocycles. The average molecular weight is 266 g/mol. The SMILES string of the molecule is C=S(=O)(c1ccc(C(C)C)cc1)N1CCNCC1. The van der Waals surface area contributed by atoms with Gasteiger partial charge in [0.25, 0.3) is 0 Å². The van der Waals surface area contributed by atoms with Gasteiger partial charge in [0, 0.05) is 31.1 Å². The highest BCUT2D eigenvalue weighted by Crippen LogP contribution is 2.20. The molecule has 0 radical (unpaired) electrons. The van der Waals surface area contributed by atoms with Gasteiger partial charge in [-0.2, -0.15) is 0 Å². The van der Waals surface area contributed by atoms with Crippen LogP contribution in [-0.2, 0) is 9.71 Å². The van der Waals surface area contributed by atoms with Gasteiger partial charge in [-0.15, -0.1) is 0 Å². The summed E-state index contributed by atoms with van der Waals surface area (Å²) in [6.07, 6.45) is 0. The van der Waals surface area contributed by atoms with Crippen LogP contribution in [0.4, 0.5) is 0 Å². The summed E-state index contributed by atoms with van der Waals surface area (Å²) in [5, 5.41) is 3.27. The molecule has 0 bridgehead atoms. The van der Waals surface area contributed by atoms with Crippen LogP contribution in [0, 0.1) is 0 Å². The van der Waals surface area contributed by atoms with E-state index < -0.39 is 9.71 Å². The van der Waals surface area contributed by atoms with Gasteiger partial charge in [0.05, 0.1) is 9.71 Å². The second-order valence-corrected chi connectivity index (χ2v) is 7.31. The molecular formula is C14H22N2OS. The second kappa shape index (κ2) is 5.43. The Labute approximate surface area is 110 Å². The Kier molecular flexibility index (Phi) is 4.10. The van der Waals surface area contributed by atoms with E-state index in [-0.39, 0.29) is 0 Å². The molecule has 1 aromatic carbocycles. The lowest BCUT2D eigenvalue weighted by atomic mass is 10.0. The van der Waals surface area contributed by atoms with Crippen LogP contribution in [0.3, 0.4) is 0 Å². The van der Waals surface area contributed by atoms with Gasteiger partial charge in [-0.05, 0) is 29.5 Å². The highest BCUT2D eigenvalue weighted by molar-refractivity contribution is 7.98. The van der Waals surface area contributed by atoms with Crippen LogP contribution < -0.4 is 5.32 Å². The highest BCUT2D eigenvalue weighted by atomic mass is 32.2. The molecule has 1 aliphatic rings. The van der Waals surface area contributed by atoms with Crippen LogP contribution >= 0.6 is 0 Å². The summed E-state index contributed by atoms with van der Waals surface area (Å²) in [5.74, 6) is 4.46. The number of benzene rings is 1. The van der Waals surface area contributed by atoms with Crippen LogP contribution in [0.2, 0.25) is 0 Å². The van der Waals surface area contributed by atoms with Crippen molar-refractivity contribution in [3.63, 3.8) is 0 Å². The molecule has 0 aliphatic carbocycles. The van der Waals surface area contributed by atoms with E-state index in [0.717, 1.165) is 31.1 Å². The number of hydrogen-bond acceptors (Lipinski definition) is 2. The molecule has 18 heavy (non-hydrogen) atoms. The molecule has 2 rings (SSSR count). The maximum absolute atomic E-state index is 12.8. The smallest absolute Gasteiger partial charge is 0.0559 e.